The highest BCUT2D eigenvalue weighted by molar-refractivity contribution is 7.09. The van der Waals surface area contributed by atoms with Crippen LogP contribution >= 0.6 is 11.3 Å². The molecule has 0 amide bonds. The normalized spacial score (nSPS) is 12.7. The van der Waals surface area contributed by atoms with Crippen molar-refractivity contribution >= 4 is 11.3 Å². The van der Waals surface area contributed by atoms with Gasteiger partial charge in [0.05, 0.1) is 6.04 Å². The van der Waals surface area contributed by atoms with E-state index in [1.165, 1.54) is 11.3 Å². The first-order chi connectivity index (χ1) is 8.58. The molecule has 0 bridgehead atoms. The first-order valence-corrected chi connectivity index (χ1v) is 6.22. The number of halogens is 3. The van der Waals surface area contributed by atoms with Crippen molar-refractivity contribution in [2.75, 3.05) is 0 Å². The molecule has 1 aromatic heterocycles. The van der Waals surface area contributed by atoms with Gasteiger partial charge in [-0.2, -0.15) is 0 Å². The maximum atomic E-state index is 13.0. The Labute approximate surface area is 106 Å². The van der Waals surface area contributed by atoms with Gasteiger partial charge < -0.3 is 5.32 Å². The molecule has 1 aromatic carbocycles. The van der Waals surface area contributed by atoms with Crippen LogP contribution < -0.4 is 5.32 Å². The van der Waals surface area contributed by atoms with Gasteiger partial charge >= 0.3 is 0 Å². The summed E-state index contributed by atoms with van der Waals surface area (Å²) in [5.41, 5.74) is 0.356. The third-order valence-corrected chi connectivity index (χ3v) is 3.44. The summed E-state index contributed by atoms with van der Waals surface area (Å²) >= 11 is 1.49. The Balaban J connectivity index is 2.02. The number of aromatic nitrogens is 1. The van der Waals surface area contributed by atoms with Crippen LogP contribution in [0.5, 0.6) is 0 Å². The van der Waals surface area contributed by atoms with Gasteiger partial charge in [-0.3, -0.25) is 0 Å². The Morgan fingerprint density at radius 3 is 2.50 bits per heavy atom. The molecule has 2 aromatic rings. The molecule has 18 heavy (non-hydrogen) atoms. The van der Waals surface area contributed by atoms with Gasteiger partial charge in [-0.25, -0.2) is 18.2 Å². The number of rotatable bonds is 4. The molecule has 2 rings (SSSR count). The van der Waals surface area contributed by atoms with Crippen LogP contribution in [0.25, 0.3) is 0 Å². The summed E-state index contributed by atoms with van der Waals surface area (Å²) in [6.07, 6.45) is 1.69. The van der Waals surface area contributed by atoms with Crippen LogP contribution in [0.1, 0.15) is 23.5 Å². The summed E-state index contributed by atoms with van der Waals surface area (Å²) < 4.78 is 38.7. The highest BCUT2D eigenvalue weighted by Gasteiger charge is 2.12. The van der Waals surface area contributed by atoms with Gasteiger partial charge in [0.15, 0.2) is 17.5 Å². The molecule has 1 N–H and O–H groups in total. The number of nitrogens with one attached hydrogen (secondary N) is 1. The number of benzene rings is 1. The van der Waals surface area contributed by atoms with Gasteiger partial charge in [0, 0.05) is 18.1 Å². The van der Waals surface area contributed by atoms with Gasteiger partial charge in [-0.1, -0.05) is 0 Å². The average molecular weight is 272 g/mol. The van der Waals surface area contributed by atoms with Gasteiger partial charge in [-0.05, 0) is 24.6 Å². The van der Waals surface area contributed by atoms with E-state index in [4.69, 9.17) is 0 Å². The largest absolute Gasteiger partial charge is 0.304 e. The molecule has 6 heteroatoms. The summed E-state index contributed by atoms with van der Waals surface area (Å²) in [5.74, 6) is -3.78. The number of hydrogen-bond donors (Lipinski definition) is 1. The molecule has 0 fully saturated rings. The maximum Gasteiger partial charge on any atom is 0.194 e. The van der Waals surface area contributed by atoms with Crippen molar-refractivity contribution < 1.29 is 13.2 Å². The third kappa shape index (κ3) is 2.88. The molecule has 2 nitrogen and oxygen atoms in total. The van der Waals surface area contributed by atoms with Gasteiger partial charge in [0.2, 0.25) is 0 Å². The number of thiazole rings is 1. The Bertz CT molecular complexity index is 505. The first kappa shape index (κ1) is 13.0. The fourth-order valence-electron chi connectivity index (χ4n) is 1.52. The molecule has 1 unspecified atom stereocenters. The van der Waals surface area contributed by atoms with E-state index in [0.717, 1.165) is 17.1 Å². The minimum absolute atomic E-state index is 0.0267. The molecule has 0 spiro atoms. The molecule has 0 saturated carbocycles. The summed E-state index contributed by atoms with van der Waals surface area (Å²) in [6, 6.07) is 1.95. The van der Waals surface area contributed by atoms with Gasteiger partial charge in [0.1, 0.15) is 5.01 Å². The van der Waals surface area contributed by atoms with Crippen LogP contribution in [0.2, 0.25) is 0 Å². The quantitative estimate of drug-likeness (QED) is 0.863. The second kappa shape index (κ2) is 5.49. The zero-order valence-corrected chi connectivity index (χ0v) is 10.4. The van der Waals surface area contributed by atoms with Crippen LogP contribution in [0.15, 0.2) is 23.7 Å². The molecule has 1 heterocycles. The smallest absolute Gasteiger partial charge is 0.194 e. The lowest BCUT2D eigenvalue weighted by atomic mass is 10.2. The second-order valence-electron chi connectivity index (χ2n) is 3.85. The van der Waals surface area contributed by atoms with Crippen molar-refractivity contribution in [3.8, 4) is 0 Å². The van der Waals surface area contributed by atoms with Crippen LogP contribution in [0.4, 0.5) is 13.2 Å². The maximum absolute atomic E-state index is 13.0. The van der Waals surface area contributed by atoms with Crippen LogP contribution in [-0.2, 0) is 6.54 Å². The van der Waals surface area contributed by atoms with Crippen molar-refractivity contribution in [2.45, 2.75) is 19.5 Å². The van der Waals surface area contributed by atoms with Crippen LogP contribution in [0, 0.1) is 17.5 Å². The topological polar surface area (TPSA) is 24.9 Å². The lowest BCUT2D eigenvalue weighted by Gasteiger charge is -2.11. The zero-order chi connectivity index (χ0) is 13.1. The molecule has 0 aliphatic rings. The van der Waals surface area contributed by atoms with E-state index in [9.17, 15) is 13.2 Å². The first-order valence-electron chi connectivity index (χ1n) is 5.34. The Hall–Kier alpha value is -1.40. The van der Waals surface area contributed by atoms with E-state index in [2.05, 4.69) is 10.3 Å². The molecule has 0 aliphatic carbocycles. The number of nitrogens with zero attached hydrogens (tertiary/aromatic N) is 1. The summed E-state index contributed by atoms with van der Waals surface area (Å²) in [7, 11) is 0. The fraction of sp³-hybridized carbons (Fsp3) is 0.250. The second-order valence-corrected chi connectivity index (χ2v) is 4.77. The monoisotopic (exact) mass is 272 g/mol. The standard InChI is InChI=1S/C12H11F3N2S/c1-7(12-16-2-3-18-12)17-6-8-4-9(13)11(15)10(14)5-8/h2-5,7,17H,6H2,1H3. The SMILES string of the molecule is CC(NCc1cc(F)c(F)c(F)c1)c1nccs1. The van der Waals surface area contributed by atoms with Crippen molar-refractivity contribution in [1.82, 2.24) is 10.3 Å². The summed E-state index contributed by atoms with van der Waals surface area (Å²) in [5, 5.41) is 5.81. The third-order valence-electron chi connectivity index (χ3n) is 2.48. The predicted molar refractivity (Wildman–Crippen MR) is 63.7 cm³/mol. The highest BCUT2D eigenvalue weighted by atomic mass is 32.1. The fourth-order valence-corrected chi connectivity index (χ4v) is 2.19. The van der Waals surface area contributed by atoms with Crippen LogP contribution in [0.3, 0.4) is 0 Å². The molecule has 0 aliphatic heterocycles. The Morgan fingerprint density at radius 1 is 1.28 bits per heavy atom. The minimum atomic E-state index is -1.44. The molecule has 0 saturated heterocycles. The molecular weight excluding hydrogens is 261 g/mol. The van der Waals surface area contributed by atoms with Crippen molar-refractivity contribution in [1.29, 1.82) is 0 Å². The van der Waals surface area contributed by atoms with Gasteiger partial charge in [-0.15, -0.1) is 11.3 Å². The summed E-state index contributed by atoms with van der Waals surface area (Å²) in [6.45, 7) is 2.14. The van der Waals surface area contributed by atoms with E-state index in [0.29, 0.717) is 5.56 Å². The lowest BCUT2D eigenvalue weighted by molar-refractivity contribution is 0.443. The van der Waals surface area contributed by atoms with E-state index >= 15 is 0 Å². The van der Waals surface area contributed by atoms with Crippen molar-refractivity contribution in [2.24, 2.45) is 0 Å². The average Bonchev–Trinajstić information content (AvgIpc) is 2.86. The molecule has 96 valence electrons. The predicted octanol–water partition coefficient (Wildman–Crippen LogP) is 3.41. The van der Waals surface area contributed by atoms with E-state index in [-0.39, 0.29) is 12.6 Å². The minimum Gasteiger partial charge on any atom is -0.304 e. The van der Waals surface area contributed by atoms with E-state index in [1.54, 1.807) is 6.20 Å². The van der Waals surface area contributed by atoms with E-state index in [1.807, 2.05) is 12.3 Å². The molecule has 1 atom stereocenters. The number of hydrogen-bond acceptors (Lipinski definition) is 3. The van der Waals surface area contributed by atoms with E-state index < -0.39 is 17.5 Å². The molecule has 0 radical (unpaired) electrons. The zero-order valence-electron chi connectivity index (χ0n) is 9.58. The van der Waals surface area contributed by atoms with Crippen LogP contribution in [-0.4, -0.2) is 4.98 Å². The Morgan fingerprint density at radius 2 is 1.94 bits per heavy atom. The Kier molecular flexibility index (Phi) is 3.98. The molecular formula is C12H11F3N2S. The summed E-state index contributed by atoms with van der Waals surface area (Å²) in [4.78, 5) is 4.13. The lowest BCUT2D eigenvalue weighted by Crippen LogP contribution is -2.18. The van der Waals surface area contributed by atoms with Gasteiger partial charge in [0.25, 0.3) is 0 Å². The van der Waals surface area contributed by atoms with Crippen molar-refractivity contribution in [3.05, 3.63) is 51.7 Å². The van der Waals surface area contributed by atoms with Crippen molar-refractivity contribution in [3.63, 3.8) is 0 Å². The highest BCUT2D eigenvalue weighted by Crippen LogP contribution is 2.17.